The fourth-order valence-electron chi connectivity index (χ4n) is 1.12. The number of hydrogen-bond donors (Lipinski definition) is 1. The summed E-state index contributed by atoms with van der Waals surface area (Å²) in [5, 5.41) is 3.54. The third kappa shape index (κ3) is 7.96. The van der Waals surface area contributed by atoms with E-state index in [2.05, 4.69) is 5.32 Å². The van der Waals surface area contributed by atoms with E-state index in [1.54, 1.807) is 0 Å². The van der Waals surface area contributed by atoms with Gasteiger partial charge in [0.05, 0.1) is 0 Å². The summed E-state index contributed by atoms with van der Waals surface area (Å²) in [5.41, 5.74) is -0.376. The Bertz CT molecular complexity index is 369. The number of carbonyl (C=O) groups is 1. The van der Waals surface area contributed by atoms with E-state index in [4.69, 9.17) is 16.3 Å². The van der Waals surface area contributed by atoms with Gasteiger partial charge in [0.25, 0.3) is 0 Å². The molecule has 3 nitrogen and oxygen atoms in total. The van der Waals surface area contributed by atoms with Gasteiger partial charge in [-0.2, -0.15) is 0 Å². The van der Waals surface area contributed by atoms with Crippen LogP contribution in [0.1, 0.15) is 33.6 Å². The second kappa shape index (κ2) is 6.64. The van der Waals surface area contributed by atoms with Crippen molar-refractivity contribution in [3.8, 4) is 0 Å². The SMILES string of the molecule is CC(C)(C)OC(=O)NC1CC1.Clc1ccccc1. The lowest BCUT2D eigenvalue weighted by atomic mass is 10.2. The molecule has 0 unspecified atom stereocenters. The molecule has 0 heterocycles. The number of carbonyl (C=O) groups excluding carboxylic acids is 1. The van der Waals surface area contributed by atoms with Gasteiger partial charge in [0.2, 0.25) is 0 Å². The van der Waals surface area contributed by atoms with Crippen molar-refractivity contribution in [1.82, 2.24) is 5.32 Å². The fraction of sp³-hybridized carbons (Fsp3) is 0.500. The molecule has 1 aliphatic carbocycles. The molecular formula is C14H20ClNO2. The van der Waals surface area contributed by atoms with E-state index in [0.717, 1.165) is 17.9 Å². The normalized spacial score (nSPS) is 14.2. The third-order valence-electron chi connectivity index (χ3n) is 2.03. The van der Waals surface area contributed by atoms with E-state index < -0.39 is 0 Å². The summed E-state index contributed by atoms with van der Waals surface area (Å²) in [6, 6.07) is 9.82. The maximum Gasteiger partial charge on any atom is 0.407 e. The summed E-state index contributed by atoms with van der Waals surface area (Å²) >= 11 is 5.54. The molecule has 0 aliphatic heterocycles. The van der Waals surface area contributed by atoms with E-state index in [1.807, 2.05) is 51.1 Å². The molecule has 0 bridgehead atoms. The second-order valence-electron chi connectivity index (χ2n) is 5.22. The summed E-state index contributed by atoms with van der Waals surface area (Å²) in [6.45, 7) is 5.58. The van der Waals surface area contributed by atoms with Crippen LogP contribution in [0.5, 0.6) is 0 Å². The minimum Gasteiger partial charge on any atom is -0.444 e. The van der Waals surface area contributed by atoms with Gasteiger partial charge in [-0.3, -0.25) is 0 Å². The Hall–Kier alpha value is -1.22. The standard InChI is InChI=1S/C8H15NO2.C6H5Cl/c1-8(2,3)11-7(10)9-6-4-5-6;7-6-4-2-1-3-5-6/h6H,4-5H2,1-3H3,(H,9,10);1-5H. The lowest BCUT2D eigenvalue weighted by Crippen LogP contribution is -2.33. The van der Waals surface area contributed by atoms with Gasteiger partial charge in [0.1, 0.15) is 5.60 Å². The van der Waals surface area contributed by atoms with Crippen molar-refractivity contribution in [1.29, 1.82) is 0 Å². The Morgan fingerprint density at radius 2 is 1.83 bits per heavy atom. The van der Waals surface area contributed by atoms with Crippen LogP contribution in [0.3, 0.4) is 0 Å². The first-order valence-electron chi connectivity index (χ1n) is 6.07. The topological polar surface area (TPSA) is 38.3 Å². The molecule has 1 N–H and O–H groups in total. The molecular weight excluding hydrogens is 250 g/mol. The van der Waals surface area contributed by atoms with Gasteiger partial charge in [0.15, 0.2) is 0 Å². The van der Waals surface area contributed by atoms with Crippen LogP contribution in [0.25, 0.3) is 0 Å². The van der Waals surface area contributed by atoms with Gasteiger partial charge in [-0.25, -0.2) is 4.79 Å². The molecule has 1 amide bonds. The van der Waals surface area contributed by atoms with Crippen LogP contribution in [0, 0.1) is 0 Å². The van der Waals surface area contributed by atoms with Gasteiger partial charge in [-0.15, -0.1) is 0 Å². The van der Waals surface area contributed by atoms with Crippen LogP contribution in [0.2, 0.25) is 5.02 Å². The van der Waals surface area contributed by atoms with Crippen molar-refractivity contribution >= 4 is 17.7 Å². The highest BCUT2D eigenvalue weighted by molar-refractivity contribution is 6.30. The van der Waals surface area contributed by atoms with Crippen LogP contribution in [-0.4, -0.2) is 17.7 Å². The maximum atomic E-state index is 11.0. The van der Waals surface area contributed by atoms with Crippen molar-refractivity contribution in [3.63, 3.8) is 0 Å². The Labute approximate surface area is 113 Å². The number of rotatable bonds is 1. The van der Waals surface area contributed by atoms with Gasteiger partial charge in [0, 0.05) is 11.1 Å². The highest BCUT2D eigenvalue weighted by atomic mass is 35.5. The summed E-state index contributed by atoms with van der Waals surface area (Å²) in [4.78, 5) is 11.0. The van der Waals surface area contributed by atoms with Crippen LogP contribution in [-0.2, 0) is 4.74 Å². The Morgan fingerprint density at radius 1 is 1.28 bits per heavy atom. The number of benzene rings is 1. The molecule has 1 aliphatic rings. The quantitative estimate of drug-likeness (QED) is 0.836. The number of hydrogen-bond acceptors (Lipinski definition) is 2. The minimum absolute atomic E-state index is 0.292. The highest BCUT2D eigenvalue weighted by Gasteiger charge is 2.25. The number of alkyl carbamates (subject to hydrolysis) is 1. The zero-order chi connectivity index (χ0) is 13.6. The molecule has 0 radical (unpaired) electrons. The number of halogens is 1. The average Bonchev–Trinajstić information content (AvgIpc) is 3.00. The Kier molecular flexibility index (Phi) is 5.48. The van der Waals surface area contributed by atoms with E-state index in [0.29, 0.717) is 6.04 Å². The van der Waals surface area contributed by atoms with Gasteiger partial charge >= 0.3 is 6.09 Å². The van der Waals surface area contributed by atoms with Crippen molar-refractivity contribution in [2.45, 2.75) is 45.3 Å². The summed E-state index contributed by atoms with van der Waals surface area (Å²) in [7, 11) is 0. The molecule has 2 rings (SSSR count). The first-order valence-corrected chi connectivity index (χ1v) is 6.45. The Morgan fingerprint density at radius 3 is 2.17 bits per heavy atom. The first-order chi connectivity index (χ1) is 8.37. The van der Waals surface area contributed by atoms with Crippen LogP contribution >= 0.6 is 11.6 Å². The first kappa shape index (κ1) is 14.8. The molecule has 18 heavy (non-hydrogen) atoms. The third-order valence-corrected chi connectivity index (χ3v) is 2.28. The van der Waals surface area contributed by atoms with Gasteiger partial charge in [-0.1, -0.05) is 29.8 Å². The minimum atomic E-state index is -0.376. The van der Waals surface area contributed by atoms with Crippen LogP contribution in [0.15, 0.2) is 30.3 Å². The number of nitrogens with one attached hydrogen (secondary N) is 1. The van der Waals surface area contributed by atoms with Crippen molar-refractivity contribution < 1.29 is 9.53 Å². The Balaban J connectivity index is 0.000000199. The molecule has 0 spiro atoms. The lowest BCUT2D eigenvalue weighted by Gasteiger charge is -2.19. The molecule has 1 saturated carbocycles. The van der Waals surface area contributed by atoms with Gasteiger partial charge in [-0.05, 0) is 45.7 Å². The second-order valence-corrected chi connectivity index (χ2v) is 5.65. The number of ether oxygens (including phenoxy) is 1. The average molecular weight is 270 g/mol. The summed E-state index contributed by atoms with van der Waals surface area (Å²) in [5.74, 6) is 0. The highest BCUT2D eigenvalue weighted by Crippen LogP contribution is 2.19. The number of amides is 1. The van der Waals surface area contributed by atoms with E-state index in [-0.39, 0.29) is 11.7 Å². The largest absolute Gasteiger partial charge is 0.444 e. The predicted octanol–water partition coefficient (Wildman–Crippen LogP) is 4.01. The van der Waals surface area contributed by atoms with Crippen molar-refractivity contribution in [2.75, 3.05) is 0 Å². The molecule has 100 valence electrons. The smallest absolute Gasteiger partial charge is 0.407 e. The lowest BCUT2D eigenvalue weighted by molar-refractivity contribution is 0.0524. The van der Waals surface area contributed by atoms with E-state index >= 15 is 0 Å². The zero-order valence-corrected chi connectivity index (χ0v) is 11.8. The molecule has 1 aromatic rings. The summed E-state index contributed by atoms with van der Waals surface area (Å²) in [6.07, 6.45) is 1.90. The van der Waals surface area contributed by atoms with Gasteiger partial charge < -0.3 is 10.1 Å². The van der Waals surface area contributed by atoms with Crippen molar-refractivity contribution in [2.24, 2.45) is 0 Å². The molecule has 0 saturated heterocycles. The monoisotopic (exact) mass is 269 g/mol. The van der Waals surface area contributed by atoms with Crippen LogP contribution in [0.4, 0.5) is 4.79 Å². The molecule has 4 heteroatoms. The van der Waals surface area contributed by atoms with Crippen LogP contribution < -0.4 is 5.32 Å². The molecule has 1 fully saturated rings. The predicted molar refractivity (Wildman–Crippen MR) is 73.8 cm³/mol. The van der Waals surface area contributed by atoms with Crippen molar-refractivity contribution in [3.05, 3.63) is 35.4 Å². The summed E-state index contributed by atoms with van der Waals surface area (Å²) < 4.78 is 5.04. The van der Waals surface area contributed by atoms with E-state index in [1.165, 1.54) is 0 Å². The molecule has 1 aromatic carbocycles. The zero-order valence-electron chi connectivity index (χ0n) is 11.1. The van der Waals surface area contributed by atoms with E-state index in [9.17, 15) is 4.79 Å². The molecule has 0 atom stereocenters. The molecule has 0 aromatic heterocycles. The maximum absolute atomic E-state index is 11.0. The fourth-order valence-corrected chi connectivity index (χ4v) is 1.26.